The molecule has 0 atom stereocenters. The van der Waals surface area contributed by atoms with Gasteiger partial charge in [0.1, 0.15) is 0 Å². The van der Waals surface area contributed by atoms with Crippen molar-refractivity contribution in [3.63, 3.8) is 0 Å². The van der Waals surface area contributed by atoms with Gasteiger partial charge in [-0.1, -0.05) is 24.9 Å². The number of hydrogen-bond donors (Lipinski definition) is 1. The second-order valence-electron chi connectivity index (χ2n) is 4.06. The Kier molecular flexibility index (Phi) is 5.15. The molecule has 1 fully saturated rings. The topological polar surface area (TPSA) is 58.9 Å². The van der Waals surface area contributed by atoms with Crippen molar-refractivity contribution >= 4 is 11.7 Å². The SMILES string of the molecule is CCCC1CCC(=NOCC(=O)O)CC1. The maximum atomic E-state index is 10.2. The van der Waals surface area contributed by atoms with Gasteiger partial charge in [-0.2, -0.15) is 0 Å². The highest BCUT2D eigenvalue weighted by atomic mass is 16.6. The lowest BCUT2D eigenvalue weighted by Crippen LogP contribution is -2.15. The molecular weight excluding hydrogens is 194 g/mol. The van der Waals surface area contributed by atoms with Crippen LogP contribution in [-0.4, -0.2) is 23.4 Å². The summed E-state index contributed by atoms with van der Waals surface area (Å²) < 4.78 is 0. The molecular formula is C11H19NO3. The zero-order chi connectivity index (χ0) is 11.1. The molecule has 0 aromatic rings. The maximum Gasteiger partial charge on any atom is 0.344 e. The summed E-state index contributed by atoms with van der Waals surface area (Å²) in [7, 11) is 0. The molecule has 1 N–H and O–H groups in total. The third kappa shape index (κ3) is 4.81. The summed E-state index contributed by atoms with van der Waals surface area (Å²) in [6, 6.07) is 0. The maximum absolute atomic E-state index is 10.2. The Labute approximate surface area is 90.3 Å². The van der Waals surface area contributed by atoms with Gasteiger partial charge in [0, 0.05) is 0 Å². The Morgan fingerprint density at radius 2 is 2.20 bits per heavy atom. The highest BCUT2D eigenvalue weighted by Gasteiger charge is 2.17. The molecule has 86 valence electrons. The van der Waals surface area contributed by atoms with Crippen molar-refractivity contribution < 1.29 is 14.7 Å². The van der Waals surface area contributed by atoms with Crippen LogP contribution in [0.3, 0.4) is 0 Å². The van der Waals surface area contributed by atoms with Crippen molar-refractivity contribution in [1.29, 1.82) is 0 Å². The van der Waals surface area contributed by atoms with Crippen molar-refractivity contribution in [2.24, 2.45) is 11.1 Å². The van der Waals surface area contributed by atoms with Crippen LogP contribution in [0.15, 0.2) is 5.16 Å². The number of nitrogens with zero attached hydrogens (tertiary/aromatic N) is 1. The fourth-order valence-electron chi connectivity index (χ4n) is 1.98. The van der Waals surface area contributed by atoms with Crippen molar-refractivity contribution in [3.05, 3.63) is 0 Å². The van der Waals surface area contributed by atoms with E-state index in [1.807, 2.05) is 0 Å². The first kappa shape index (κ1) is 12.0. The van der Waals surface area contributed by atoms with Crippen LogP contribution in [0.4, 0.5) is 0 Å². The van der Waals surface area contributed by atoms with Crippen LogP contribution < -0.4 is 0 Å². The molecule has 0 spiro atoms. The Hall–Kier alpha value is -1.06. The van der Waals surface area contributed by atoms with Gasteiger partial charge in [-0.3, -0.25) is 0 Å². The summed E-state index contributed by atoms with van der Waals surface area (Å²) in [6.45, 7) is 1.88. The quantitative estimate of drug-likeness (QED) is 0.713. The number of carboxylic acid groups (broad SMARTS) is 1. The Morgan fingerprint density at radius 1 is 1.53 bits per heavy atom. The molecule has 0 radical (unpaired) electrons. The van der Waals surface area contributed by atoms with Crippen molar-refractivity contribution in [2.75, 3.05) is 6.61 Å². The van der Waals surface area contributed by atoms with E-state index >= 15 is 0 Å². The van der Waals surface area contributed by atoms with Crippen LogP contribution in [0.5, 0.6) is 0 Å². The predicted molar refractivity (Wildman–Crippen MR) is 57.9 cm³/mol. The fourth-order valence-corrected chi connectivity index (χ4v) is 1.98. The van der Waals surface area contributed by atoms with Crippen LogP contribution in [0.25, 0.3) is 0 Å². The molecule has 1 saturated carbocycles. The lowest BCUT2D eigenvalue weighted by Gasteiger charge is -2.21. The van der Waals surface area contributed by atoms with Gasteiger partial charge in [0.25, 0.3) is 0 Å². The van der Waals surface area contributed by atoms with Gasteiger partial charge in [0.15, 0.2) is 0 Å². The molecule has 0 aromatic carbocycles. The number of hydrogen-bond acceptors (Lipinski definition) is 3. The minimum Gasteiger partial charge on any atom is -0.479 e. The van der Waals surface area contributed by atoms with Crippen molar-refractivity contribution in [2.45, 2.75) is 45.4 Å². The van der Waals surface area contributed by atoms with E-state index in [1.165, 1.54) is 25.7 Å². The standard InChI is InChI=1S/C11H19NO3/c1-2-3-9-4-6-10(7-5-9)12-15-8-11(13)14/h9H,2-8H2,1H3,(H,13,14). The van der Waals surface area contributed by atoms with Gasteiger partial charge < -0.3 is 9.94 Å². The van der Waals surface area contributed by atoms with Gasteiger partial charge >= 0.3 is 5.97 Å². The molecule has 4 heteroatoms. The summed E-state index contributed by atoms with van der Waals surface area (Å²) in [5.41, 5.74) is 1.02. The van der Waals surface area contributed by atoms with E-state index in [9.17, 15) is 4.79 Å². The normalized spacial score (nSPS) is 21.1. The molecule has 0 amide bonds. The van der Waals surface area contributed by atoms with Crippen LogP contribution in [0.2, 0.25) is 0 Å². The zero-order valence-corrected chi connectivity index (χ0v) is 9.24. The van der Waals surface area contributed by atoms with E-state index in [1.54, 1.807) is 0 Å². The molecule has 4 nitrogen and oxygen atoms in total. The van der Waals surface area contributed by atoms with E-state index in [4.69, 9.17) is 9.94 Å². The lowest BCUT2D eigenvalue weighted by atomic mass is 9.85. The lowest BCUT2D eigenvalue weighted by molar-refractivity contribution is -0.142. The van der Waals surface area contributed by atoms with Crippen molar-refractivity contribution in [1.82, 2.24) is 0 Å². The molecule has 0 aliphatic heterocycles. The van der Waals surface area contributed by atoms with Gasteiger partial charge in [0.2, 0.25) is 6.61 Å². The first-order chi connectivity index (χ1) is 7.22. The number of carbonyl (C=O) groups is 1. The summed E-state index contributed by atoms with van der Waals surface area (Å²) in [5, 5.41) is 12.2. The minimum atomic E-state index is -0.973. The van der Waals surface area contributed by atoms with E-state index in [-0.39, 0.29) is 6.61 Å². The number of oxime groups is 1. The Morgan fingerprint density at radius 3 is 2.73 bits per heavy atom. The first-order valence-electron chi connectivity index (χ1n) is 5.62. The summed E-state index contributed by atoms with van der Waals surface area (Å²) >= 11 is 0. The van der Waals surface area contributed by atoms with E-state index < -0.39 is 5.97 Å². The number of aliphatic carboxylic acids is 1. The molecule has 0 saturated heterocycles. The molecule has 0 heterocycles. The van der Waals surface area contributed by atoms with Gasteiger partial charge in [-0.05, 0) is 31.6 Å². The van der Waals surface area contributed by atoms with Crippen LogP contribution in [0.1, 0.15) is 45.4 Å². The van der Waals surface area contributed by atoms with Crippen LogP contribution >= 0.6 is 0 Å². The van der Waals surface area contributed by atoms with Gasteiger partial charge in [-0.25, -0.2) is 4.79 Å². The van der Waals surface area contributed by atoms with Crippen LogP contribution in [0, 0.1) is 5.92 Å². The number of carboxylic acids is 1. The molecule has 1 aliphatic carbocycles. The predicted octanol–water partition coefficient (Wildman–Crippen LogP) is 2.43. The highest BCUT2D eigenvalue weighted by molar-refractivity contribution is 5.84. The van der Waals surface area contributed by atoms with E-state index in [0.717, 1.165) is 24.5 Å². The zero-order valence-electron chi connectivity index (χ0n) is 9.24. The molecule has 0 unspecified atom stereocenters. The Balaban J connectivity index is 2.21. The van der Waals surface area contributed by atoms with Gasteiger partial charge in [-0.15, -0.1) is 0 Å². The largest absolute Gasteiger partial charge is 0.479 e. The Bertz CT molecular complexity index is 228. The molecule has 0 aromatic heterocycles. The molecule has 0 bridgehead atoms. The highest BCUT2D eigenvalue weighted by Crippen LogP contribution is 2.26. The summed E-state index contributed by atoms with van der Waals surface area (Å²) in [5.74, 6) is -0.146. The molecule has 15 heavy (non-hydrogen) atoms. The third-order valence-electron chi connectivity index (χ3n) is 2.76. The molecule has 1 aliphatic rings. The van der Waals surface area contributed by atoms with Crippen LogP contribution in [-0.2, 0) is 9.63 Å². The van der Waals surface area contributed by atoms with Gasteiger partial charge in [0.05, 0.1) is 5.71 Å². The second kappa shape index (κ2) is 6.43. The van der Waals surface area contributed by atoms with E-state index in [0.29, 0.717) is 0 Å². The smallest absolute Gasteiger partial charge is 0.344 e. The monoisotopic (exact) mass is 213 g/mol. The minimum absolute atomic E-state index is 0.331. The average molecular weight is 213 g/mol. The number of rotatable bonds is 5. The van der Waals surface area contributed by atoms with Crippen molar-refractivity contribution in [3.8, 4) is 0 Å². The summed E-state index contributed by atoms with van der Waals surface area (Å²) in [6.07, 6.45) is 6.80. The second-order valence-corrected chi connectivity index (χ2v) is 4.06. The first-order valence-corrected chi connectivity index (χ1v) is 5.62. The molecule has 1 rings (SSSR count). The average Bonchev–Trinajstić information content (AvgIpc) is 2.20. The summed E-state index contributed by atoms with van der Waals surface area (Å²) in [4.78, 5) is 14.9. The fraction of sp³-hybridized carbons (Fsp3) is 0.818. The third-order valence-corrected chi connectivity index (χ3v) is 2.76. The van der Waals surface area contributed by atoms with E-state index in [2.05, 4.69) is 12.1 Å².